The average Bonchev–Trinajstić information content (AvgIpc) is 3.33. The average molecular weight is 616 g/mol. The molecule has 1 aliphatic carbocycles. The first kappa shape index (κ1) is 30.3. The Hall–Kier alpha value is -3.14. The number of fused-ring (bicyclic) bond motifs is 1. The lowest BCUT2D eigenvalue weighted by Gasteiger charge is -2.36. The molecular formula is C32H33ClF3N3O2S. The van der Waals surface area contributed by atoms with E-state index in [-0.39, 0.29) is 22.9 Å². The number of ether oxygens (including phenoxy) is 2. The van der Waals surface area contributed by atoms with Crippen LogP contribution in [0.4, 0.5) is 13.2 Å². The van der Waals surface area contributed by atoms with Crippen molar-refractivity contribution in [3.05, 3.63) is 99.6 Å². The molecular weight excluding hydrogens is 583 g/mol. The molecule has 1 heterocycles. The van der Waals surface area contributed by atoms with Crippen molar-refractivity contribution in [2.24, 2.45) is 0 Å². The molecule has 1 aliphatic rings. The Labute approximate surface area is 253 Å². The summed E-state index contributed by atoms with van der Waals surface area (Å²) in [5, 5.41) is 1.09. The van der Waals surface area contributed by atoms with Crippen LogP contribution < -0.4 is 9.47 Å². The summed E-state index contributed by atoms with van der Waals surface area (Å²) in [7, 11) is 5.37. The number of hydrogen-bond donors (Lipinski definition) is 0. The molecule has 0 saturated heterocycles. The molecule has 5 rings (SSSR count). The quantitative estimate of drug-likeness (QED) is 0.170. The topological polar surface area (TPSA) is 39.5 Å². The van der Waals surface area contributed by atoms with Gasteiger partial charge in [-0.3, -0.25) is 4.57 Å². The molecule has 0 radical (unpaired) electrons. The van der Waals surface area contributed by atoms with E-state index < -0.39 is 17.0 Å². The van der Waals surface area contributed by atoms with Crippen molar-refractivity contribution in [3.63, 3.8) is 0 Å². The van der Waals surface area contributed by atoms with E-state index >= 15 is 8.78 Å². The first-order valence-electron chi connectivity index (χ1n) is 13.7. The monoisotopic (exact) mass is 615 g/mol. The van der Waals surface area contributed by atoms with Gasteiger partial charge in [-0.25, -0.2) is 18.2 Å². The highest BCUT2D eigenvalue weighted by Gasteiger charge is 2.40. The van der Waals surface area contributed by atoms with Crippen LogP contribution >= 0.6 is 23.4 Å². The van der Waals surface area contributed by atoms with Gasteiger partial charge in [0.25, 0.3) is 0 Å². The summed E-state index contributed by atoms with van der Waals surface area (Å²) in [4.78, 5) is 6.91. The first-order valence-corrected chi connectivity index (χ1v) is 15.1. The second-order valence-electron chi connectivity index (χ2n) is 10.8. The number of imidazole rings is 1. The summed E-state index contributed by atoms with van der Waals surface area (Å²) in [6.07, 6.45) is 2.48. The summed E-state index contributed by atoms with van der Waals surface area (Å²) in [5.74, 6) is -0.972. The summed E-state index contributed by atoms with van der Waals surface area (Å²) in [5.41, 5.74) is 3.04. The van der Waals surface area contributed by atoms with Gasteiger partial charge in [-0.1, -0.05) is 29.4 Å². The van der Waals surface area contributed by atoms with E-state index in [1.807, 2.05) is 41.8 Å². The Morgan fingerprint density at radius 2 is 1.76 bits per heavy atom. The molecule has 222 valence electrons. The van der Waals surface area contributed by atoms with Gasteiger partial charge in [0.2, 0.25) is 0 Å². The number of benzene rings is 3. The second-order valence-corrected chi connectivity index (χ2v) is 12.2. The van der Waals surface area contributed by atoms with E-state index in [0.29, 0.717) is 34.8 Å². The van der Waals surface area contributed by atoms with Crippen LogP contribution in [-0.2, 0) is 17.6 Å². The third kappa shape index (κ3) is 6.14. The molecule has 0 spiro atoms. The molecule has 10 heteroatoms. The van der Waals surface area contributed by atoms with Gasteiger partial charge in [0.1, 0.15) is 35.6 Å². The minimum atomic E-state index is -0.676. The molecule has 0 bridgehead atoms. The van der Waals surface area contributed by atoms with Crippen LogP contribution in [0.1, 0.15) is 42.3 Å². The molecule has 1 unspecified atom stereocenters. The number of rotatable bonds is 10. The lowest BCUT2D eigenvalue weighted by molar-refractivity contribution is 0.259. The zero-order valence-electron chi connectivity index (χ0n) is 24.0. The van der Waals surface area contributed by atoms with Gasteiger partial charge in [0, 0.05) is 41.1 Å². The number of thioether (sulfide) groups is 1. The van der Waals surface area contributed by atoms with Gasteiger partial charge in [-0.05, 0) is 82.2 Å². The minimum absolute atomic E-state index is 0.0121. The molecule has 4 aromatic rings. The second kappa shape index (κ2) is 12.6. The zero-order chi connectivity index (χ0) is 30.0. The fraction of sp³-hybridized carbons (Fsp3) is 0.344. The highest BCUT2D eigenvalue weighted by atomic mass is 35.5. The lowest BCUT2D eigenvalue weighted by Crippen LogP contribution is -2.31. The number of likely N-dealkylation sites (N-methyl/N-ethyl adjacent to an activating group) is 1. The maximum atomic E-state index is 15.1. The van der Waals surface area contributed by atoms with Gasteiger partial charge in [0.05, 0.1) is 23.5 Å². The number of aromatic nitrogens is 2. The summed E-state index contributed by atoms with van der Waals surface area (Å²) in [6, 6.07) is 14.4. The van der Waals surface area contributed by atoms with Gasteiger partial charge in [-0.15, -0.1) is 0 Å². The van der Waals surface area contributed by atoms with E-state index in [0.717, 1.165) is 36.2 Å². The molecule has 0 saturated carbocycles. The molecule has 42 heavy (non-hydrogen) atoms. The van der Waals surface area contributed by atoms with Crippen molar-refractivity contribution >= 4 is 23.4 Å². The van der Waals surface area contributed by atoms with Gasteiger partial charge in [-0.2, -0.15) is 0 Å². The van der Waals surface area contributed by atoms with Crippen LogP contribution in [0, 0.1) is 17.5 Å². The molecule has 1 atom stereocenters. The van der Waals surface area contributed by atoms with E-state index in [1.165, 1.54) is 36.0 Å². The lowest BCUT2D eigenvalue weighted by atomic mass is 9.71. The number of nitrogens with zero attached hydrogens (tertiary/aromatic N) is 3. The Balaban J connectivity index is 1.54. The van der Waals surface area contributed by atoms with Crippen LogP contribution in [0.2, 0.25) is 5.02 Å². The molecule has 0 amide bonds. The standard InChI is InChI=1S/C32H33ClF3N3O2S/c1-32(20-7-12-25(33)29(16-20)40-4)13-5-6-28-30(32)39(22-10-8-21(34)9-11-22)31(37-28)42-19-24-26(35)17-23(18-27(24)36)41-15-14-38(2)3/h7-12,16-18H,5-6,13-15,19H2,1-4H3. The third-order valence-corrected chi connectivity index (χ3v) is 8.95. The molecule has 5 nitrogen and oxygen atoms in total. The van der Waals surface area contributed by atoms with E-state index in [2.05, 4.69) is 6.92 Å². The SMILES string of the molecule is COc1cc(C2(C)CCCc3nc(SCc4c(F)cc(OCCN(C)C)cc4F)n(-c4ccc(F)cc4)c32)ccc1Cl. The van der Waals surface area contributed by atoms with Crippen LogP contribution in [0.25, 0.3) is 5.69 Å². The van der Waals surface area contributed by atoms with Crippen LogP contribution in [0.15, 0.2) is 59.8 Å². The van der Waals surface area contributed by atoms with E-state index in [1.54, 1.807) is 19.2 Å². The molecule has 0 aliphatic heterocycles. The Morgan fingerprint density at radius 1 is 1.05 bits per heavy atom. The Bertz CT molecular complexity index is 1560. The smallest absolute Gasteiger partial charge is 0.173 e. The van der Waals surface area contributed by atoms with Crippen molar-refractivity contribution in [1.82, 2.24) is 14.5 Å². The highest BCUT2D eigenvalue weighted by Crippen LogP contribution is 2.47. The van der Waals surface area contributed by atoms with Crippen molar-refractivity contribution in [2.45, 2.75) is 42.5 Å². The van der Waals surface area contributed by atoms with Gasteiger partial charge < -0.3 is 14.4 Å². The summed E-state index contributed by atoms with van der Waals surface area (Å²) in [6.45, 7) is 3.09. The van der Waals surface area contributed by atoms with E-state index in [9.17, 15) is 4.39 Å². The predicted molar refractivity (Wildman–Crippen MR) is 161 cm³/mol. The summed E-state index contributed by atoms with van der Waals surface area (Å²) >= 11 is 7.59. The molecule has 0 fully saturated rings. The van der Waals surface area contributed by atoms with Crippen LogP contribution in [0.3, 0.4) is 0 Å². The van der Waals surface area contributed by atoms with Crippen molar-refractivity contribution < 1.29 is 22.6 Å². The highest BCUT2D eigenvalue weighted by molar-refractivity contribution is 7.98. The Morgan fingerprint density at radius 3 is 2.43 bits per heavy atom. The van der Waals surface area contributed by atoms with E-state index in [4.69, 9.17) is 26.1 Å². The van der Waals surface area contributed by atoms with Gasteiger partial charge in [0.15, 0.2) is 5.16 Å². The number of aryl methyl sites for hydroxylation is 1. The van der Waals surface area contributed by atoms with Crippen molar-refractivity contribution in [2.75, 3.05) is 34.4 Å². The maximum absolute atomic E-state index is 15.1. The fourth-order valence-corrected chi connectivity index (χ4v) is 6.65. The molecule has 3 aromatic carbocycles. The minimum Gasteiger partial charge on any atom is -0.495 e. The molecule has 1 aromatic heterocycles. The number of halogens is 4. The summed E-state index contributed by atoms with van der Waals surface area (Å²) < 4.78 is 57.2. The first-order chi connectivity index (χ1) is 20.1. The third-order valence-electron chi connectivity index (χ3n) is 7.67. The number of hydrogen-bond acceptors (Lipinski definition) is 5. The van der Waals surface area contributed by atoms with Gasteiger partial charge >= 0.3 is 0 Å². The maximum Gasteiger partial charge on any atom is 0.173 e. The van der Waals surface area contributed by atoms with Crippen LogP contribution in [0.5, 0.6) is 11.5 Å². The predicted octanol–water partition coefficient (Wildman–Crippen LogP) is 7.83. The molecule has 0 N–H and O–H groups in total. The van der Waals surface area contributed by atoms with Crippen molar-refractivity contribution in [3.8, 4) is 17.2 Å². The zero-order valence-corrected chi connectivity index (χ0v) is 25.6. The number of methoxy groups -OCH3 is 1. The normalized spacial score (nSPS) is 16.5. The van der Waals surface area contributed by atoms with Crippen molar-refractivity contribution in [1.29, 1.82) is 0 Å². The largest absolute Gasteiger partial charge is 0.495 e. The van der Waals surface area contributed by atoms with Crippen LogP contribution in [-0.4, -0.2) is 48.8 Å². The Kier molecular flexibility index (Phi) is 9.11. The fourth-order valence-electron chi connectivity index (χ4n) is 5.40.